The number of aryl methyl sites for hydroxylation is 1. The Balaban J connectivity index is 2.01. The standard InChI is InChI=1S/C19H13FO4/c1-11-9-17(22)24-16-8-6-14(19(23)18(11)16)15(21)7-5-12-3-2-4-13(20)10-12/h2-10,23H,1H3/b7-5+. The quantitative estimate of drug-likeness (QED) is 0.451. The molecule has 1 aromatic heterocycles. The van der Waals surface area contributed by atoms with Crippen molar-refractivity contribution in [3.05, 3.63) is 81.5 Å². The van der Waals surface area contributed by atoms with Gasteiger partial charge in [0.05, 0.1) is 10.9 Å². The van der Waals surface area contributed by atoms with Gasteiger partial charge in [-0.3, -0.25) is 4.79 Å². The summed E-state index contributed by atoms with van der Waals surface area (Å²) in [6.07, 6.45) is 2.72. The first kappa shape index (κ1) is 15.7. The Kier molecular flexibility index (Phi) is 4.00. The molecule has 2 aromatic carbocycles. The van der Waals surface area contributed by atoms with Crippen LogP contribution in [0.4, 0.5) is 4.39 Å². The fourth-order valence-corrected chi connectivity index (χ4v) is 2.50. The van der Waals surface area contributed by atoms with E-state index in [2.05, 4.69) is 0 Å². The Morgan fingerprint density at radius 2 is 2.00 bits per heavy atom. The number of phenols is 1. The summed E-state index contributed by atoms with van der Waals surface area (Å²) < 4.78 is 18.1. The van der Waals surface area contributed by atoms with E-state index in [0.29, 0.717) is 16.5 Å². The molecule has 1 heterocycles. The van der Waals surface area contributed by atoms with E-state index in [-0.39, 0.29) is 16.9 Å². The minimum absolute atomic E-state index is 0.0760. The Morgan fingerprint density at radius 1 is 1.21 bits per heavy atom. The fraction of sp³-hybridized carbons (Fsp3) is 0.0526. The third-order valence-corrected chi connectivity index (χ3v) is 3.62. The van der Waals surface area contributed by atoms with E-state index in [9.17, 15) is 19.1 Å². The van der Waals surface area contributed by atoms with Gasteiger partial charge in [-0.05, 0) is 48.4 Å². The summed E-state index contributed by atoms with van der Waals surface area (Å²) in [6, 6.07) is 9.90. The summed E-state index contributed by atoms with van der Waals surface area (Å²) in [6.45, 7) is 1.65. The van der Waals surface area contributed by atoms with Crippen molar-refractivity contribution in [2.45, 2.75) is 6.92 Å². The third kappa shape index (κ3) is 2.96. The molecule has 0 bridgehead atoms. The van der Waals surface area contributed by atoms with E-state index in [1.807, 2.05) is 0 Å². The average Bonchev–Trinajstić information content (AvgIpc) is 2.52. The number of allylic oxidation sites excluding steroid dienone is 1. The van der Waals surface area contributed by atoms with Crippen molar-refractivity contribution in [3.63, 3.8) is 0 Å². The summed E-state index contributed by atoms with van der Waals surface area (Å²) >= 11 is 0. The first-order valence-electron chi connectivity index (χ1n) is 7.20. The van der Waals surface area contributed by atoms with Crippen LogP contribution < -0.4 is 5.63 Å². The zero-order valence-corrected chi connectivity index (χ0v) is 12.7. The Hall–Kier alpha value is -3.21. The molecule has 0 saturated heterocycles. The van der Waals surface area contributed by atoms with Crippen LogP contribution in [0.25, 0.3) is 17.0 Å². The molecule has 0 aliphatic rings. The highest BCUT2D eigenvalue weighted by molar-refractivity contribution is 6.11. The lowest BCUT2D eigenvalue weighted by molar-refractivity contribution is 0.104. The number of halogens is 1. The van der Waals surface area contributed by atoms with E-state index in [4.69, 9.17) is 4.42 Å². The maximum Gasteiger partial charge on any atom is 0.336 e. The minimum Gasteiger partial charge on any atom is -0.506 e. The van der Waals surface area contributed by atoms with Crippen LogP contribution in [-0.2, 0) is 0 Å². The summed E-state index contributed by atoms with van der Waals surface area (Å²) in [5, 5.41) is 10.7. The predicted molar refractivity (Wildman–Crippen MR) is 88.7 cm³/mol. The van der Waals surface area contributed by atoms with Crippen LogP contribution in [-0.4, -0.2) is 10.9 Å². The van der Waals surface area contributed by atoms with Gasteiger partial charge < -0.3 is 9.52 Å². The van der Waals surface area contributed by atoms with E-state index in [1.165, 1.54) is 42.5 Å². The molecule has 0 fully saturated rings. The molecule has 3 aromatic rings. The topological polar surface area (TPSA) is 67.5 Å². The van der Waals surface area contributed by atoms with Gasteiger partial charge in [0, 0.05) is 6.07 Å². The molecule has 5 heteroatoms. The molecule has 0 aliphatic heterocycles. The fourth-order valence-electron chi connectivity index (χ4n) is 2.50. The smallest absolute Gasteiger partial charge is 0.336 e. The molecule has 120 valence electrons. The molecule has 24 heavy (non-hydrogen) atoms. The van der Waals surface area contributed by atoms with Gasteiger partial charge in [-0.2, -0.15) is 0 Å². The number of aromatic hydroxyl groups is 1. The van der Waals surface area contributed by atoms with Crippen LogP contribution in [0.3, 0.4) is 0 Å². The number of benzene rings is 2. The molecular weight excluding hydrogens is 311 g/mol. The van der Waals surface area contributed by atoms with Crippen molar-refractivity contribution in [1.82, 2.24) is 0 Å². The summed E-state index contributed by atoms with van der Waals surface area (Å²) in [7, 11) is 0. The number of fused-ring (bicyclic) bond motifs is 1. The number of phenolic OH excluding ortho intramolecular Hbond substituents is 1. The number of hydrogen-bond acceptors (Lipinski definition) is 4. The lowest BCUT2D eigenvalue weighted by atomic mass is 10.0. The first-order chi connectivity index (χ1) is 11.5. The molecule has 0 amide bonds. The Morgan fingerprint density at radius 3 is 2.75 bits per heavy atom. The van der Waals surface area contributed by atoms with Gasteiger partial charge in [-0.15, -0.1) is 0 Å². The van der Waals surface area contributed by atoms with Crippen molar-refractivity contribution in [2.24, 2.45) is 0 Å². The van der Waals surface area contributed by atoms with E-state index in [0.717, 1.165) is 0 Å². The van der Waals surface area contributed by atoms with Crippen molar-refractivity contribution in [2.75, 3.05) is 0 Å². The van der Waals surface area contributed by atoms with E-state index in [1.54, 1.807) is 19.1 Å². The predicted octanol–water partition coefficient (Wildman–Crippen LogP) is 3.84. The highest BCUT2D eigenvalue weighted by atomic mass is 19.1. The van der Waals surface area contributed by atoms with Crippen molar-refractivity contribution < 1.29 is 18.7 Å². The molecule has 0 radical (unpaired) electrons. The lowest BCUT2D eigenvalue weighted by Crippen LogP contribution is -2.01. The van der Waals surface area contributed by atoms with Gasteiger partial charge in [0.25, 0.3) is 0 Å². The average molecular weight is 324 g/mol. The molecular formula is C19H13FO4. The molecule has 0 spiro atoms. The van der Waals surface area contributed by atoms with Crippen LogP contribution in [0.15, 0.2) is 57.8 Å². The zero-order chi connectivity index (χ0) is 17.3. The van der Waals surface area contributed by atoms with Gasteiger partial charge in [0.1, 0.15) is 17.1 Å². The van der Waals surface area contributed by atoms with Crippen molar-refractivity contribution in [1.29, 1.82) is 0 Å². The van der Waals surface area contributed by atoms with E-state index < -0.39 is 17.2 Å². The number of hydrogen-bond donors (Lipinski definition) is 1. The molecule has 0 atom stereocenters. The highest BCUT2D eigenvalue weighted by Gasteiger charge is 2.15. The number of carbonyl (C=O) groups is 1. The number of carbonyl (C=O) groups excluding carboxylic acids is 1. The number of rotatable bonds is 3. The summed E-state index contributed by atoms with van der Waals surface area (Å²) in [5.41, 5.74) is 0.813. The van der Waals surface area contributed by atoms with Crippen LogP contribution in [0.2, 0.25) is 0 Å². The summed E-state index contributed by atoms with van der Waals surface area (Å²) in [4.78, 5) is 23.7. The normalized spacial score (nSPS) is 11.2. The highest BCUT2D eigenvalue weighted by Crippen LogP contribution is 2.31. The summed E-state index contributed by atoms with van der Waals surface area (Å²) in [5.74, 6) is -1.09. The lowest BCUT2D eigenvalue weighted by Gasteiger charge is -2.06. The van der Waals surface area contributed by atoms with Gasteiger partial charge in [-0.25, -0.2) is 9.18 Å². The zero-order valence-electron chi connectivity index (χ0n) is 12.7. The molecule has 4 nitrogen and oxygen atoms in total. The second-order valence-corrected chi connectivity index (χ2v) is 5.34. The molecule has 0 saturated carbocycles. The second-order valence-electron chi connectivity index (χ2n) is 5.34. The Labute approximate surface area is 136 Å². The number of ketones is 1. The van der Waals surface area contributed by atoms with Crippen LogP contribution in [0.5, 0.6) is 5.75 Å². The third-order valence-electron chi connectivity index (χ3n) is 3.62. The molecule has 1 N–H and O–H groups in total. The van der Waals surface area contributed by atoms with Gasteiger partial charge in [0.2, 0.25) is 0 Å². The van der Waals surface area contributed by atoms with E-state index >= 15 is 0 Å². The maximum absolute atomic E-state index is 13.1. The largest absolute Gasteiger partial charge is 0.506 e. The van der Waals surface area contributed by atoms with Crippen LogP contribution in [0.1, 0.15) is 21.5 Å². The monoisotopic (exact) mass is 324 g/mol. The Bertz CT molecular complexity index is 1030. The minimum atomic E-state index is -0.524. The van der Waals surface area contributed by atoms with Gasteiger partial charge in [-0.1, -0.05) is 18.2 Å². The van der Waals surface area contributed by atoms with Crippen molar-refractivity contribution in [3.8, 4) is 5.75 Å². The molecule has 0 unspecified atom stereocenters. The van der Waals surface area contributed by atoms with Crippen LogP contribution in [0, 0.1) is 12.7 Å². The van der Waals surface area contributed by atoms with Crippen molar-refractivity contribution >= 4 is 22.8 Å². The molecule has 3 rings (SSSR count). The van der Waals surface area contributed by atoms with Gasteiger partial charge in [0.15, 0.2) is 5.78 Å². The SMILES string of the molecule is Cc1cc(=O)oc2ccc(C(=O)/C=C/c3cccc(F)c3)c(O)c12. The van der Waals surface area contributed by atoms with Gasteiger partial charge >= 0.3 is 5.63 Å². The van der Waals surface area contributed by atoms with Crippen LogP contribution >= 0.6 is 0 Å². The maximum atomic E-state index is 13.1. The molecule has 0 aliphatic carbocycles. The second kappa shape index (κ2) is 6.12. The first-order valence-corrected chi connectivity index (χ1v) is 7.20.